The van der Waals surface area contributed by atoms with E-state index in [1.165, 1.54) is 43.5 Å². The maximum absolute atomic E-state index is 14.6. The summed E-state index contributed by atoms with van der Waals surface area (Å²) in [4.78, 5) is 8.89. The minimum absolute atomic E-state index is 0.0714. The predicted molar refractivity (Wildman–Crippen MR) is 101 cm³/mol. The molecule has 0 aliphatic carbocycles. The molecule has 12 heteroatoms. The van der Waals surface area contributed by atoms with Crippen LogP contribution in [-0.2, 0) is 15.6 Å². The Balaban J connectivity index is 1.78. The Morgan fingerprint density at radius 1 is 1.32 bits per heavy atom. The quantitative estimate of drug-likeness (QED) is 0.682. The van der Waals surface area contributed by atoms with Gasteiger partial charge in [0.05, 0.1) is 17.5 Å². The van der Waals surface area contributed by atoms with Gasteiger partial charge < -0.3 is 10.2 Å². The average Bonchev–Trinajstić information content (AvgIpc) is 3.31. The van der Waals surface area contributed by atoms with Gasteiger partial charge in [-0.15, -0.1) is 21.5 Å². The van der Waals surface area contributed by atoms with E-state index in [4.69, 9.17) is 10.2 Å². The third kappa shape index (κ3) is 3.03. The van der Waals surface area contributed by atoms with Gasteiger partial charge in [-0.25, -0.2) is 22.1 Å². The summed E-state index contributed by atoms with van der Waals surface area (Å²) in [5.74, 6) is -0.777. The second-order valence-corrected chi connectivity index (χ2v) is 9.33. The number of guanidine groups is 1. The Labute approximate surface area is 163 Å². The van der Waals surface area contributed by atoms with Crippen LogP contribution in [0.1, 0.15) is 12.5 Å². The first-order valence-electron chi connectivity index (χ1n) is 8.04. The molecule has 0 spiro atoms. The molecule has 0 saturated carbocycles. The molecule has 1 aliphatic heterocycles. The minimum Gasteiger partial charge on any atom is -0.415 e. The first-order chi connectivity index (χ1) is 13.2. The molecule has 0 bridgehead atoms. The third-order valence-corrected chi connectivity index (χ3v) is 7.14. The molecule has 28 heavy (non-hydrogen) atoms. The molecule has 1 aliphatic rings. The van der Waals surface area contributed by atoms with E-state index < -0.39 is 27.1 Å². The number of nitrogens with zero attached hydrogens (tertiary/aromatic N) is 5. The summed E-state index contributed by atoms with van der Waals surface area (Å²) in [6.07, 6.45) is 1.60. The van der Waals surface area contributed by atoms with Gasteiger partial charge in [0.1, 0.15) is 16.2 Å². The predicted octanol–water partition coefficient (Wildman–Crippen LogP) is 1.80. The number of rotatable bonds is 3. The summed E-state index contributed by atoms with van der Waals surface area (Å²) in [5.41, 5.74) is 6.50. The lowest BCUT2D eigenvalue weighted by Gasteiger charge is -2.34. The molecule has 3 heterocycles. The van der Waals surface area contributed by atoms with Crippen LogP contribution in [-0.4, -0.2) is 46.7 Å². The Bertz CT molecular complexity index is 1170. The van der Waals surface area contributed by atoms with Crippen molar-refractivity contribution in [1.29, 1.82) is 0 Å². The zero-order valence-corrected chi connectivity index (χ0v) is 16.5. The molecule has 0 radical (unpaired) electrons. The summed E-state index contributed by atoms with van der Waals surface area (Å²) < 4.78 is 45.9. The minimum atomic E-state index is -3.73. The van der Waals surface area contributed by atoms with E-state index in [2.05, 4.69) is 20.2 Å². The molecule has 9 nitrogen and oxygen atoms in total. The van der Waals surface area contributed by atoms with Crippen molar-refractivity contribution in [3.8, 4) is 22.2 Å². The number of hydrogen-bond donors (Lipinski definition) is 1. The molecule has 0 fully saturated rings. The van der Waals surface area contributed by atoms with Crippen LogP contribution in [0.3, 0.4) is 0 Å². The van der Waals surface area contributed by atoms with Crippen molar-refractivity contribution in [1.82, 2.24) is 19.5 Å². The number of thiazole rings is 1. The van der Waals surface area contributed by atoms with Crippen LogP contribution in [0.2, 0.25) is 0 Å². The van der Waals surface area contributed by atoms with Gasteiger partial charge in [-0.05, 0) is 25.1 Å². The average molecular weight is 422 g/mol. The molecule has 0 saturated heterocycles. The number of hydrogen-bond acceptors (Lipinski definition) is 9. The van der Waals surface area contributed by atoms with E-state index in [9.17, 15) is 12.8 Å². The second kappa shape index (κ2) is 6.34. The van der Waals surface area contributed by atoms with Gasteiger partial charge in [-0.3, -0.25) is 4.98 Å². The fourth-order valence-electron chi connectivity index (χ4n) is 2.92. The standard InChI is InChI=1S/C16H15FN6O3S2/c1-16(7-28(24,25)23(2)15(18)20-16)10-5-9(3-4-11(10)17)13-21-22-14(26-13)12-6-19-8-27-12/h3-6,8H,7H2,1-2H3,(H2,18,20)/t16-/m0/s1. The van der Waals surface area contributed by atoms with E-state index in [1.54, 1.807) is 11.7 Å². The molecule has 0 unspecified atom stereocenters. The van der Waals surface area contributed by atoms with Gasteiger partial charge in [0.2, 0.25) is 21.9 Å². The molecule has 1 atom stereocenters. The highest BCUT2D eigenvalue weighted by atomic mass is 32.2. The zero-order chi connectivity index (χ0) is 20.1. The normalized spacial score (nSPS) is 21.5. The van der Waals surface area contributed by atoms with Gasteiger partial charge in [-0.2, -0.15) is 0 Å². The van der Waals surface area contributed by atoms with Crippen molar-refractivity contribution in [3.05, 3.63) is 41.3 Å². The molecule has 2 aromatic heterocycles. The highest BCUT2D eigenvalue weighted by molar-refractivity contribution is 7.89. The fourth-order valence-corrected chi connectivity index (χ4v) is 4.91. The van der Waals surface area contributed by atoms with Crippen LogP contribution < -0.4 is 5.73 Å². The van der Waals surface area contributed by atoms with E-state index in [0.29, 0.717) is 16.3 Å². The largest absolute Gasteiger partial charge is 0.415 e. The lowest BCUT2D eigenvalue weighted by Crippen LogP contribution is -2.50. The topological polar surface area (TPSA) is 128 Å². The molecule has 3 aromatic rings. The van der Waals surface area contributed by atoms with Crippen LogP contribution in [0.5, 0.6) is 0 Å². The molecule has 2 N–H and O–H groups in total. The first-order valence-corrected chi connectivity index (χ1v) is 10.5. The summed E-state index contributed by atoms with van der Waals surface area (Å²) in [7, 11) is -2.43. The van der Waals surface area contributed by atoms with Gasteiger partial charge in [0.15, 0.2) is 0 Å². The Morgan fingerprint density at radius 2 is 2.07 bits per heavy atom. The Kier molecular flexibility index (Phi) is 4.19. The zero-order valence-electron chi connectivity index (χ0n) is 14.8. The fraction of sp³-hybridized carbons (Fsp3) is 0.250. The summed E-state index contributed by atoms with van der Waals surface area (Å²) in [6, 6.07) is 4.14. The van der Waals surface area contributed by atoms with Gasteiger partial charge >= 0.3 is 0 Å². The maximum Gasteiger partial charge on any atom is 0.259 e. The number of aliphatic imine (C=N–C) groups is 1. The van der Waals surface area contributed by atoms with E-state index in [1.807, 2.05) is 0 Å². The Morgan fingerprint density at radius 3 is 2.75 bits per heavy atom. The SMILES string of the molecule is CN1C(N)=N[C@](C)(c2cc(-c3nnc(-c4cncs4)o3)ccc2F)CS1(=O)=O. The van der Waals surface area contributed by atoms with E-state index >= 15 is 0 Å². The van der Waals surface area contributed by atoms with Crippen molar-refractivity contribution >= 4 is 27.3 Å². The summed E-state index contributed by atoms with van der Waals surface area (Å²) in [5, 5.41) is 7.96. The number of sulfonamides is 1. The monoisotopic (exact) mass is 422 g/mol. The molecule has 1 aromatic carbocycles. The number of nitrogens with two attached hydrogens (primary N) is 1. The molecular formula is C16H15FN6O3S2. The van der Waals surface area contributed by atoms with Crippen molar-refractivity contribution in [2.24, 2.45) is 10.7 Å². The van der Waals surface area contributed by atoms with Crippen molar-refractivity contribution in [2.75, 3.05) is 12.8 Å². The molecule has 0 amide bonds. The van der Waals surface area contributed by atoms with Gasteiger partial charge in [0, 0.05) is 18.2 Å². The lowest BCUT2D eigenvalue weighted by atomic mass is 9.92. The highest BCUT2D eigenvalue weighted by Gasteiger charge is 2.41. The van der Waals surface area contributed by atoms with Crippen molar-refractivity contribution in [2.45, 2.75) is 12.5 Å². The second-order valence-electron chi connectivity index (χ2n) is 6.44. The van der Waals surface area contributed by atoms with Crippen molar-refractivity contribution in [3.63, 3.8) is 0 Å². The smallest absolute Gasteiger partial charge is 0.259 e. The molecular weight excluding hydrogens is 407 g/mol. The summed E-state index contributed by atoms with van der Waals surface area (Å²) in [6.45, 7) is 1.52. The number of aromatic nitrogens is 3. The van der Waals surface area contributed by atoms with Crippen LogP contribution >= 0.6 is 11.3 Å². The van der Waals surface area contributed by atoms with E-state index in [0.717, 1.165) is 4.31 Å². The highest BCUT2D eigenvalue weighted by Crippen LogP contribution is 2.36. The maximum atomic E-state index is 14.6. The van der Waals surface area contributed by atoms with Crippen LogP contribution in [0.15, 0.2) is 39.3 Å². The van der Waals surface area contributed by atoms with Gasteiger partial charge in [-0.1, -0.05) is 0 Å². The Hall–Kier alpha value is -2.86. The van der Waals surface area contributed by atoms with Gasteiger partial charge in [0.25, 0.3) is 5.89 Å². The van der Waals surface area contributed by atoms with Crippen LogP contribution in [0.25, 0.3) is 22.2 Å². The molecule has 146 valence electrons. The number of benzene rings is 1. The van der Waals surface area contributed by atoms with E-state index in [-0.39, 0.29) is 17.4 Å². The van der Waals surface area contributed by atoms with Crippen molar-refractivity contribution < 1.29 is 17.2 Å². The molecule has 4 rings (SSSR count). The lowest BCUT2D eigenvalue weighted by molar-refractivity contribution is 0.458. The first kappa shape index (κ1) is 18.5. The summed E-state index contributed by atoms with van der Waals surface area (Å²) >= 11 is 1.34. The van der Waals surface area contributed by atoms with Crippen LogP contribution in [0, 0.1) is 5.82 Å². The third-order valence-electron chi connectivity index (χ3n) is 4.43. The number of halogens is 1. The van der Waals surface area contributed by atoms with Crippen LogP contribution in [0.4, 0.5) is 4.39 Å².